The third-order valence-electron chi connectivity index (χ3n) is 2.27. The molecule has 0 fully saturated rings. The van der Waals surface area contributed by atoms with Gasteiger partial charge in [0, 0.05) is 12.6 Å². The van der Waals surface area contributed by atoms with E-state index in [1.807, 2.05) is 0 Å². The summed E-state index contributed by atoms with van der Waals surface area (Å²) >= 11 is 0. The smallest absolute Gasteiger partial charge is 0.254 e. The van der Waals surface area contributed by atoms with E-state index in [-0.39, 0.29) is 23.7 Å². The number of benzene rings is 1. The number of rotatable bonds is 4. The molecule has 0 aliphatic rings. The second-order valence-corrected chi connectivity index (χ2v) is 3.60. The Labute approximate surface area is 103 Å². The van der Waals surface area contributed by atoms with E-state index in [0.717, 1.165) is 6.07 Å². The van der Waals surface area contributed by atoms with Gasteiger partial charge in [-0.15, -0.1) is 0 Å². The van der Waals surface area contributed by atoms with Crippen molar-refractivity contribution >= 4 is 11.7 Å². The molecule has 1 amide bonds. The standard InChI is InChI=1S/C11H14FN3O3/c1-15(6-10(13)14-17)11(16)7-3-4-9(18-2)8(12)5-7/h3-5,17H,6H2,1-2H3,(H2,13,14). The number of amidine groups is 1. The Kier molecular flexibility index (Phi) is 4.47. The van der Waals surface area contributed by atoms with Crippen molar-refractivity contribution in [2.75, 3.05) is 20.7 Å². The van der Waals surface area contributed by atoms with Gasteiger partial charge in [-0.25, -0.2) is 4.39 Å². The number of likely N-dealkylation sites (N-methyl/N-ethyl adjacent to an activating group) is 1. The summed E-state index contributed by atoms with van der Waals surface area (Å²) < 4.78 is 18.2. The highest BCUT2D eigenvalue weighted by Gasteiger charge is 2.15. The molecule has 7 heteroatoms. The molecule has 0 saturated carbocycles. The average Bonchev–Trinajstić information content (AvgIpc) is 2.37. The zero-order valence-corrected chi connectivity index (χ0v) is 10.1. The first-order chi connectivity index (χ1) is 8.49. The first kappa shape index (κ1) is 13.8. The van der Waals surface area contributed by atoms with E-state index >= 15 is 0 Å². The van der Waals surface area contributed by atoms with Crippen molar-refractivity contribution in [1.82, 2.24) is 4.90 Å². The van der Waals surface area contributed by atoms with Gasteiger partial charge in [0.2, 0.25) is 0 Å². The van der Waals surface area contributed by atoms with Gasteiger partial charge in [-0.05, 0) is 18.2 Å². The van der Waals surface area contributed by atoms with Crippen molar-refractivity contribution in [3.05, 3.63) is 29.6 Å². The monoisotopic (exact) mass is 255 g/mol. The Bertz CT molecular complexity index is 477. The summed E-state index contributed by atoms with van der Waals surface area (Å²) in [7, 11) is 2.80. The van der Waals surface area contributed by atoms with Crippen LogP contribution in [0.2, 0.25) is 0 Å². The Hall–Kier alpha value is -2.31. The topological polar surface area (TPSA) is 88.2 Å². The fourth-order valence-electron chi connectivity index (χ4n) is 1.37. The van der Waals surface area contributed by atoms with E-state index in [1.165, 1.54) is 31.2 Å². The lowest BCUT2D eigenvalue weighted by Gasteiger charge is -2.16. The molecular formula is C11H14FN3O3. The van der Waals surface area contributed by atoms with Crippen molar-refractivity contribution in [3.63, 3.8) is 0 Å². The summed E-state index contributed by atoms with van der Waals surface area (Å²) in [5, 5.41) is 11.2. The maximum atomic E-state index is 13.4. The van der Waals surface area contributed by atoms with Crippen LogP contribution in [0.25, 0.3) is 0 Å². The number of hydrogen-bond acceptors (Lipinski definition) is 4. The molecule has 0 radical (unpaired) electrons. The lowest BCUT2D eigenvalue weighted by molar-refractivity contribution is 0.0813. The van der Waals surface area contributed by atoms with Crippen molar-refractivity contribution in [1.29, 1.82) is 0 Å². The number of amides is 1. The molecule has 0 unspecified atom stereocenters. The van der Waals surface area contributed by atoms with Crippen LogP contribution in [0.5, 0.6) is 5.75 Å². The van der Waals surface area contributed by atoms with Crippen LogP contribution in [0, 0.1) is 5.82 Å². The molecule has 6 nitrogen and oxygen atoms in total. The summed E-state index contributed by atoms with van der Waals surface area (Å²) in [6.07, 6.45) is 0. The van der Waals surface area contributed by atoms with Gasteiger partial charge in [0.15, 0.2) is 17.4 Å². The maximum absolute atomic E-state index is 13.4. The van der Waals surface area contributed by atoms with Gasteiger partial charge < -0.3 is 20.6 Å². The minimum absolute atomic E-state index is 0.0526. The highest BCUT2D eigenvalue weighted by molar-refractivity contribution is 5.96. The molecule has 1 rings (SSSR count). The summed E-state index contributed by atoms with van der Waals surface area (Å²) in [4.78, 5) is 13.1. The van der Waals surface area contributed by atoms with E-state index in [0.29, 0.717) is 0 Å². The number of halogens is 1. The zero-order valence-electron chi connectivity index (χ0n) is 10.1. The SMILES string of the molecule is COc1ccc(C(=O)N(C)CC(N)=NO)cc1F. The van der Waals surface area contributed by atoms with Crippen LogP contribution in [0.4, 0.5) is 4.39 Å². The number of carbonyl (C=O) groups is 1. The van der Waals surface area contributed by atoms with E-state index in [4.69, 9.17) is 15.7 Å². The Balaban J connectivity index is 2.87. The van der Waals surface area contributed by atoms with Gasteiger partial charge in [0.25, 0.3) is 5.91 Å². The molecule has 1 aromatic rings. The molecular weight excluding hydrogens is 241 g/mol. The van der Waals surface area contributed by atoms with Crippen molar-refractivity contribution in [2.24, 2.45) is 10.9 Å². The third kappa shape index (κ3) is 3.09. The minimum atomic E-state index is -0.624. The highest BCUT2D eigenvalue weighted by Crippen LogP contribution is 2.18. The normalized spacial score (nSPS) is 11.2. The van der Waals surface area contributed by atoms with Crippen LogP contribution in [-0.2, 0) is 0 Å². The van der Waals surface area contributed by atoms with Crippen molar-refractivity contribution < 1.29 is 19.1 Å². The maximum Gasteiger partial charge on any atom is 0.254 e. The summed E-state index contributed by atoms with van der Waals surface area (Å²) in [6.45, 7) is -0.0526. The lowest BCUT2D eigenvalue weighted by Crippen LogP contribution is -2.35. The quantitative estimate of drug-likeness (QED) is 0.358. The summed E-state index contributed by atoms with van der Waals surface area (Å²) in [6, 6.07) is 3.87. The molecule has 0 heterocycles. The van der Waals surface area contributed by atoms with E-state index in [1.54, 1.807) is 0 Å². The number of oxime groups is 1. The molecule has 1 aromatic carbocycles. The second kappa shape index (κ2) is 5.85. The fourth-order valence-corrected chi connectivity index (χ4v) is 1.37. The number of ether oxygens (including phenoxy) is 1. The van der Waals surface area contributed by atoms with Gasteiger partial charge in [0.05, 0.1) is 13.7 Å². The van der Waals surface area contributed by atoms with Gasteiger partial charge in [0.1, 0.15) is 0 Å². The van der Waals surface area contributed by atoms with Gasteiger partial charge in [-0.2, -0.15) is 0 Å². The van der Waals surface area contributed by atoms with E-state index in [2.05, 4.69) is 5.16 Å². The molecule has 3 N–H and O–H groups in total. The van der Waals surface area contributed by atoms with Crippen molar-refractivity contribution in [2.45, 2.75) is 0 Å². The molecule has 18 heavy (non-hydrogen) atoms. The summed E-state index contributed by atoms with van der Waals surface area (Å²) in [5.41, 5.74) is 5.43. The number of nitrogens with zero attached hydrogens (tertiary/aromatic N) is 2. The second-order valence-electron chi connectivity index (χ2n) is 3.60. The first-order valence-electron chi connectivity index (χ1n) is 5.05. The van der Waals surface area contributed by atoms with Gasteiger partial charge in [-0.3, -0.25) is 4.79 Å². The molecule has 0 aromatic heterocycles. The zero-order chi connectivity index (χ0) is 13.7. The Morgan fingerprint density at radius 3 is 2.78 bits per heavy atom. The van der Waals surface area contributed by atoms with Gasteiger partial charge in [-0.1, -0.05) is 5.16 Å². The Morgan fingerprint density at radius 1 is 1.61 bits per heavy atom. The first-order valence-corrected chi connectivity index (χ1v) is 5.05. The highest BCUT2D eigenvalue weighted by atomic mass is 19.1. The minimum Gasteiger partial charge on any atom is -0.494 e. The molecule has 0 spiro atoms. The number of nitrogens with two attached hydrogens (primary N) is 1. The van der Waals surface area contributed by atoms with Crippen LogP contribution < -0.4 is 10.5 Å². The summed E-state index contributed by atoms with van der Waals surface area (Å²) in [5.74, 6) is -1.12. The number of carbonyl (C=O) groups excluding carboxylic acids is 1. The molecule has 0 aliphatic carbocycles. The average molecular weight is 255 g/mol. The van der Waals surface area contributed by atoms with Gasteiger partial charge >= 0.3 is 0 Å². The largest absolute Gasteiger partial charge is 0.494 e. The third-order valence-corrected chi connectivity index (χ3v) is 2.27. The van der Waals surface area contributed by atoms with Crippen LogP contribution in [0.1, 0.15) is 10.4 Å². The van der Waals surface area contributed by atoms with Crippen LogP contribution >= 0.6 is 0 Å². The van der Waals surface area contributed by atoms with Crippen LogP contribution in [-0.4, -0.2) is 42.6 Å². The predicted octanol–water partition coefficient (Wildman–Crippen LogP) is 0.653. The predicted molar refractivity (Wildman–Crippen MR) is 63.3 cm³/mol. The number of methoxy groups -OCH3 is 1. The Morgan fingerprint density at radius 2 is 2.28 bits per heavy atom. The molecule has 0 bridgehead atoms. The van der Waals surface area contributed by atoms with Crippen LogP contribution in [0.3, 0.4) is 0 Å². The fraction of sp³-hybridized carbons (Fsp3) is 0.273. The van der Waals surface area contributed by atoms with Crippen molar-refractivity contribution in [3.8, 4) is 5.75 Å². The van der Waals surface area contributed by atoms with E-state index < -0.39 is 11.7 Å². The molecule has 0 aliphatic heterocycles. The lowest BCUT2D eigenvalue weighted by atomic mass is 10.2. The number of hydrogen-bond donors (Lipinski definition) is 2. The molecule has 0 atom stereocenters. The molecule has 98 valence electrons. The van der Waals surface area contributed by atoms with Crippen LogP contribution in [0.15, 0.2) is 23.4 Å². The molecule has 0 saturated heterocycles. The van der Waals surface area contributed by atoms with E-state index in [9.17, 15) is 9.18 Å².